The van der Waals surface area contributed by atoms with Crippen molar-refractivity contribution >= 4 is 5.91 Å². The minimum atomic E-state index is 0.241. The van der Waals surface area contributed by atoms with Crippen LogP contribution >= 0.6 is 0 Å². The second kappa shape index (κ2) is 4.77. The Balaban J connectivity index is 1.80. The van der Waals surface area contributed by atoms with Gasteiger partial charge in [0.15, 0.2) is 0 Å². The minimum absolute atomic E-state index is 0.241. The summed E-state index contributed by atoms with van der Waals surface area (Å²) in [4.78, 5) is 11.7. The van der Waals surface area contributed by atoms with Crippen LogP contribution in [0.2, 0.25) is 0 Å². The lowest BCUT2D eigenvalue weighted by Crippen LogP contribution is -2.40. The van der Waals surface area contributed by atoms with Gasteiger partial charge in [-0.15, -0.1) is 0 Å². The van der Waals surface area contributed by atoms with Crippen LogP contribution in [0, 0.1) is 23.7 Å². The van der Waals surface area contributed by atoms with Gasteiger partial charge in [-0.05, 0) is 49.9 Å². The van der Waals surface area contributed by atoms with E-state index in [9.17, 15) is 4.79 Å². The Labute approximate surface area is 99.2 Å². The summed E-state index contributed by atoms with van der Waals surface area (Å²) < 4.78 is 0. The third kappa shape index (κ3) is 2.58. The van der Waals surface area contributed by atoms with E-state index in [1.54, 1.807) is 0 Å². The van der Waals surface area contributed by atoms with Gasteiger partial charge in [-0.1, -0.05) is 20.3 Å². The molecule has 0 radical (unpaired) electrons. The molecule has 0 aromatic heterocycles. The van der Waals surface area contributed by atoms with Crippen LogP contribution < -0.4 is 5.32 Å². The zero-order chi connectivity index (χ0) is 11.7. The summed E-state index contributed by atoms with van der Waals surface area (Å²) >= 11 is 0. The molecule has 0 spiro atoms. The van der Waals surface area contributed by atoms with E-state index in [4.69, 9.17) is 0 Å². The van der Waals surface area contributed by atoms with Gasteiger partial charge in [0, 0.05) is 12.5 Å². The quantitative estimate of drug-likeness (QED) is 0.780. The Morgan fingerprint density at radius 3 is 2.50 bits per heavy atom. The summed E-state index contributed by atoms with van der Waals surface area (Å²) in [6.07, 6.45) is 6.29. The van der Waals surface area contributed by atoms with Gasteiger partial charge in [-0.3, -0.25) is 4.79 Å². The Kier molecular flexibility index (Phi) is 3.56. The van der Waals surface area contributed by atoms with E-state index in [2.05, 4.69) is 26.1 Å². The normalized spacial score (nSPS) is 34.4. The molecule has 4 atom stereocenters. The third-order valence-corrected chi connectivity index (χ3v) is 4.42. The average molecular weight is 223 g/mol. The standard InChI is InChI=1S/C14H25NO/c1-9(2)6-14(16)15-10(3)13-8-11-4-5-12(13)7-11/h9-13H,4-8H2,1-3H3,(H,15,16). The predicted molar refractivity (Wildman–Crippen MR) is 66.0 cm³/mol. The van der Waals surface area contributed by atoms with E-state index in [0.29, 0.717) is 18.4 Å². The number of rotatable bonds is 4. The van der Waals surface area contributed by atoms with Crippen LogP contribution in [0.25, 0.3) is 0 Å². The van der Waals surface area contributed by atoms with Crippen molar-refractivity contribution in [2.24, 2.45) is 23.7 Å². The van der Waals surface area contributed by atoms with Crippen molar-refractivity contribution in [3.63, 3.8) is 0 Å². The van der Waals surface area contributed by atoms with Gasteiger partial charge in [0.2, 0.25) is 5.91 Å². The van der Waals surface area contributed by atoms with Crippen molar-refractivity contribution in [1.82, 2.24) is 5.32 Å². The molecule has 4 unspecified atom stereocenters. The van der Waals surface area contributed by atoms with Crippen LogP contribution in [-0.4, -0.2) is 11.9 Å². The molecule has 2 fully saturated rings. The van der Waals surface area contributed by atoms with E-state index in [0.717, 1.165) is 17.8 Å². The molecule has 2 bridgehead atoms. The van der Waals surface area contributed by atoms with E-state index in [1.807, 2.05) is 0 Å². The van der Waals surface area contributed by atoms with E-state index in [1.165, 1.54) is 25.7 Å². The maximum Gasteiger partial charge on any atom is 0.220 e. The van der Waals surface area contributed by atoms with Gasteiger partial charge in [-0.25, -0.2) is 0 Å². The van der Waals surface area contributed by atoms with Crippen molar-refractivity contribution in [3.8, 4) is 0 Å². The largest absolute Gasteiger partial charge is 0.353 e. The monoisotopic (exact) mass is 223 g/mol. The molecule has 1 amide bonds. The van der Waals surface area contributed by atoms with Gasteiger partial charge < -0.3 is 5.32 Å². The maximum atomic E-state index is 11.7. The summed E-state index contributed by atoms with van der Waals surface area (Å²) in [6, 6.07) is 0.390. The van der Waals surface area contributed by atoms with Gasteiger partial charge in [-0.2, -0.15) is 0 Å². The third-order valence-electron chi connectivity index (χ3n) is 4.42. The van der Waals surface area contributed by atoms with Crippen molar-refractivity contribution < 1.29 is 4.79 Å². The van der Waals surface area contributed by atoms with Crippen LogP contribution in [0.3, 0.4) is 0 Å². The number of fused-ring (bicyclic) bond motifs is 2. The van der Waals surface area contributed by atoms with Gasteiger partial charge in [0.25, 0.3) is 0 Å². The molecule has 0 heterocycles. The van der Waals surface area contributed by atoms with Crippen molar-refractivity contribution in [2.75, 3.05) is 0 Å². The molecule has 16 heavy (non-hydrogen) atoms. The second-order valence-electron chi connectivity index (χ2n) is 6.29. The Bertz CT molecular complexity index is 261. The first kappa shape index (κ1) is 11.9. The minimum Gasteiger partial charge on any atom is -0.353 e. The van der Waals surface area contributed by atoms with Crippen LogP contribution in [0.5, 0.6) is 0 Å². The lowest BCUT2D eigenvalue weighted by Gasteiger charge is -2.28. The van der Waals surface area contributed by atoms with Crippen LogP contribution in [0.1, 0.15) is 52.9 Å². The Morgan fingerprint density at radius 1 is 1.25 bits per heavy atom. The molecule has 92 valence electrons. The Morgan fingerprint density at radius 2 is 2.00 bits per heavy atom. The fourth-order valence-corrected chi connectivity index (χ4v) is 3.70. The molecular formula is C14H25NO. The van der Waals surface area contributed by atoms with Gasteiger partial charge >= 0.3 is 0 Å². The van der Waals surface area contributed by atoms with E-state index >= 15 is 0 Å². The summed E-state index contributed by atoms with van der Waals surface area (Å²) in [5.74, 6) is 3.34. The van der Waals surface area contributed by atoms with E-state index in [-0.39, 0.29) is 5.91 Å². The topological polar surface area (TPSA) is 29.1 Å². The molecule has 2 heteroatoms. The number of hydrogen-bond donors (Lipinski definition) is 1. The van der Waals surface area contributed by atoms with Crippen LogP contribution in [0.15, 0.2) is 0 Å². The van der Waals surface area contributed by atoms with Crippen molar-refractivity contribution in [1.29, 1.82) is 0 Å². The van der Waals surface area contributed by atoms with Crippen LogP contribution in [-0.2, 0) is 4.79 Å². The summed E-state index contributed by atoms with van der Waals surface area (Å²) in [5.41, 5.74) is 0. The lowest BCUT2D eigenvalue weighted by molar-refractivity contribution is -0.122. The number of carbonyl (C=O) groups excluding carboxylic acids is 1. The zero-order valence-electron chi connectivity index (χ0n) is 10.8. The molecule has 1 N–H and O–H groups in total. The fourth-order valence-electron chi connectivity index (χ4n) is 3.70. The number of amides is 1. The molecule has 0 aromatic rings. The highest BCUT2D eigenvalue weighted by Gasteiger charge is 2.42. The summed E-state index contributed by atoms with van der Waals surface area (Å²) in [7, 11) is 0. The van der Waals surface area contributed by atoms with Crippen molar-refractivity contribution in [2.45, 2.75) is 58.9 Å². The van der Waals surface area contributed by atoms with E-state index < -0.39 is 0 Å². The van der Waals surface area contributed by atoms with Gasteiger partial charge in [0.1, 0.15) is 0 Å². The SMILES string of the molecule is CC(C)CC(=O)NC(C)C1CC2CCC1C2. The molecule has 2 saturated carbocycles. The highest BCUT2D eigenvalue weighted by Crippen LogP contribution is 2.49. The number of hydrogen-bond acceptors (Lipinski definition) is 1. The maximum absolute atomic E-state index is 11.7. The molecule has 0 aliphatic heterocycles. The molecule has 2 aliphatic carbocycles. The number of nitrogens with one attached hydrogen (secondary N) is 1. The zero-order valence-corrected chi connectivity index (χ0v) is 10.8. The fraction of sp³-hybridized carbons (Fsp3) is 0.929. The molecule has 2 nitrogen and oxygen atoms in total. The predicted octanol–water partition coefficient (Wildman–Crippen LogP) is 2.97. The summed E-state index contributed by atoms with van der Waals surface area (Å²) in [6.45, 7) is 6.40. The molecule has 0 saturated heterocycles. The Hall–Kier alpha value is -0.530. The molecular weight excluding hydrogens is 198 g/mol. The highest BCUT2D eigenvalue weighted by atomic mass is 16.1. The first-order valence-corrected chi connectivity index (χ1v) is 6.85. The molecule has 2 rings (SSSR count). The average Bonchev–Trinajstić information content (AvgIpc) is 2.76. The summed E-state index contributed by atoms with van der Waals surface area (Å²) in [5, 5.41) is 3.20. The lowest BCUT2D eigenvalue weighted by atomic mass is 9.84. The first-order valence-electron chi connectivity index (χ1n) is 6.85. The van der Waals surface area contributed by atoms with Crippen molar-refractivity contribution in [3.05, 3.63) is 0 Å². The first-order chi connectivity index (χ1) is 7.56. The number of carbonyl (C=O) groups is 1. The molecule has 2 aliphatic rings. The molecule has 0 aromatic carbocycles. The highest BCUT2D eigenvalue weighted by molar-refractivity contribution is 5.76. The van der Waals surface area contributed by atoms with Gasteiger partial charge in [0.05, 0.1) is 0 Å². The smallest absolute Gasteiger partial charge is 0.220 e. The van der Waals surface area contributed by atoms with Crippen LogP contribution in [0.4, 0.5) is 0 Å². The second-order valence-corrected chi connectivity index (χ2v) is 6.29.